The van der Waals surface area contributed by atoms with Crippen molar-refractivity contribution >= 4 is 11.9 Å². The maximum Gasteiger partial charge on any atom is 0.339 e. The number of nitrogens with zero attached hydrogens (tertiary/aromatic N) is 4. The topological polar surface area (TPSA) is 79.2 Å². The van der Waals surface area contributed by atoms with Crippen molar-refractivity contribution in [1.29, 1.82) is 0 Å². The third-order valence-electron chi connectivity index (χ3n) is 3.01. The Kier molecular flexibility index (Phi) is 4.24. The first-order valence-corrected chi connectivity index (χ1v) is 6.43. The number of pyridine rings is 1. The van der Waals surface area contributed by atoms with Gasteiger partial charge in [-0.2, -0.15) is 0 Å². The Morgan fingerprint density at radius 3 is 2.45 bits per heavy atom. The van der Waals surface area contributed by atoms with Crippen molar-refractivity contribution in [2.45, 2.75) is 13.8 Å². The molecule has 0 saturated heterocycles. The zero-order valence-electron chi connectivity index (χ0n) is 11.4. The van der Waals surface area contributed by atoms with E-state index >= 15 is 0 Å². The van der Waals surface area contributed by atoms with Crippen LogP contribution in [0.3, 0.4) is 0 Å². The summed E-state index contributed by atoms with van der Waals surface area (Å²) in [6, 6.07) is 3.47. The lowest BCUT2D eigenvalue weighted by atomic mass is 10.1. The zero-order valence-corrected chi connectivity index (χ0v) is 11.4. The molecule has 6 heteroatoms. The van der Waals surface area contributed by atoms with Crippen LogP contribution in [-0.2, 0) is 0 Å². The second-order valence-electron chi connectivity index (χ2n) is 4.15. The van der Waals surface area contributed by atoms with E-state index in [0.717, 1.165) is 13.1 Å². The Balaban J connectivity index is 2.56. The van der Waals surface area contributed by atoms with E-state index < -0.39 is 5.97 Å². The average Bonchev–Trinajstić information content (AvgIpc) is 2.49. The number of carboxylic acids is 1. The maximum atomic E-state index is 11.3. The number of aromatic nitrogens is 3. The first-order valence-electron chi connectivity index (χ1n) is 6.43. The number of anilines is 1. The van der Waals surface area contributed by atoms with E-state index in [1.807, 2.05) is 18.7 Å². The van der Waals surface area contributed by atoms with Gasteiger partial charge in [0.1, 0.15) is 5.56 Å². The van der Waals surface area contributed by atoms with Crippen LogP contribution in [0.15, 0.2) is 30.7 Å². The molecule has 0 unspecified atom stereocenters. The van der Waals surface area contributed by atoms with E-state index in [4.69, 9.17) is 0 Å². The van der Waals surface area contributed by atoms with E-state index in [0.29, 0.717) is 17.2 Å². The monoisotopic (exact) mass is 272 g/mol. The maximum absolute atomic E-state index is 11.3. The van der Waals surface area contributed by atoms with Gasteiger partial charge in [0.15, 0.2) is 0 Å². The van der Waals surface area contributed by atoms with Gasteiger partial charge in [0.25, 0.3) is 0 Å². The molecule has 2 aromatic heterocycles. The summed E-state index contributed by atoms with van der Waals surface area (Å²) in [7, 11) is 0. The minimum absolute atomic E-state index is 0.0899. The standard InChI is InChI=1S/C14H16N4O2/c1-3-18(4-2)14-16-9-11(13(19)20)12(17-14)10-5-7-15-8-6-10/h5-9H,3-4H2,1-2H3,(H,19,20). The van der Waals surface area contributed by atoms with Crippen LogP contribution in [0.25, 0.3) is 11.3 Å². The molecule has 0 atom stereocenters. The Morgan fingerprint density at radius 1 is 1.25 bits per heavy atom. The van der Waals surface area contributed by atoms with Gasteiger partial charge in [-0.3, -0.25) is 4.98 Å². The van der Waals surface area contributed by atoms with E-state index in [1.54, 1.807) is 24.5 Å². The molecule has 0 aromatic carbocycles. The number of rotatable bonds is 5. The summed E-state index contributed by atoms with van der Waals surface area (Å²) in [5, 5.41) is 9.26. The van der Waals surface area contributed by atoms with Crippen LogP contribution in [0.1, 0.15) is 24.2 Å². The fraction of sp³-hybridized carbons (Fsp3) is 0.286. The van der Waals surface area contributed by atoms with Crippen LogP contribution < -0.4 is 4.90 Å². The van der Waals surface area contributed by atoms with Gasteiger partial charge in [-0.1, -0.05) is 0 Å². The van der Waals surface area contributed by atoms with E-state index in [1.165, 1.54) is 6.20 Å². The van der Waals surface area contributed by atoms with Crippen molar-refractivity contribution in [3.8, 4) is 11.3 Å². The summed E-state index contributed by atoms with van der Waals surface area (Å²) in [6.07, 6.45) is 4.58. The van der Waals surface area contributed by atoms with Crippen LogP contribution in [0.2, 0.25) is 0 Å². The molecule has 1 N–H and O–H groups in total. The summed E-state index contributed by atoms with van der Waals surface area (Å²) >= 11 is 0. The van der Waals surface area contributed by atoms with Gasteiger partial charge in [-0.05, 0) is 26.0 Å². The van der Waals surface area contributed by atoms with Crippen LogP contribution in [-0.4, -0.2) is 39.1 Å². The van der Waals surface area contributed by atoms with Crippen molar-refractivity contribution in [2.75, 3.05) is 18.0 Å². The Morgan fingerprint density at radius 2 is 1.90 bits per heavy atom. The number of hydrogen-bond acceptors (Lipinski definition) is 5. The van der Waals surface area contributed by atoms with Gasteiger partial charge < -0.3 is 10.0 Å². The van der Waals surface area contributed by atoms with Crippen molar-refractivity contribution in [3.05, 3.63) is 36.3 Å². The van der Waals surface area contributed by atoms with Gasteiger partial charge in [-0.15, -0.1) is 0 Å². The van der Waals surface area contributed by atoms with Crippen LogP contribution in [0.4, 0.5) is 5.95 Å². The largest absolute Gasteiger partial charge is 0.478 e. The van der Waals surface area contributed by atoms with Crippen molar-refractivity contribution < 1.29 is 9.90 Å². The fourth-order valence-corrected chi connectivity index (χ4v) is 1.92. The normalized spacial score (nSPS) is 10.3. The van der Waals surface area contributed by atoms with E-state index in [2.05, 4.69) is 15.0 Å². The van der Waals surface area contributed by atoms with Gasteiger partial charge in [0.05, 0.1) is 5.69 Å². The molecule has 0 radical (unpaired) electrons. The highest BCUT2D eigenvalue weighted by Crippen LogP contribution is 2.22. The lowest BCUT2D eigenvalue weighted by molar-refractivity contribution is 0.0697. The summed E-state index contributed by atoms with van der Waals surface area (Å²) < 4.78 is 0. The van der Waals surface area contributed by atoms with Crippen molar-refractivity contribution in [2.24, 2.45) is 0 Å². The highest BCUT2D eigenvalue weighted by Gasteiger charge is 2.17. The molecular weight excluding hydrogens is 256 g/mol. The predicted octanol–water partition coefficient (Wildman–Crippen LogP) is 2.08. The number of aromatic carboxylic acids is 1. The smallest absolute Gasteiger partial charge is 0.339 e. The van der Waals surface area contributed by atoms with Crippen LogP contribution in [0.5, 0.6) is 0 Å². The second kappa shape index (κ2) is 6.10. The summed E-state index contributed by atoms with van der Waals surface area (Å²) in [6.45, 7) is 5.53. The molecule has 0 aliphatic rings. The molecule has 0 amide bonds. The van der Waals surface area contributed by atoms with Crippen LogP contribution >= 0.6 is 0 Å². The van der Waals surface area contributed by atoms with Gasteiger partial charge in [-0.25, -0.2) is 14.8 Å². The molecule has 0 aliphatic heterocycles. The Bertz CT molecular complexity index is 597. The molecular formula is C14H16N4O2. The van der Waals surface area contributed by atoms with Crippen molar-refractivity contribution in [3.63, 3.8) is 0 Å². The Hall–Kier alpha value is -2.50. The third-order valence-corrected chi connectivity index (χ3v) is 3.01. The zero-order chi connectivity index (χ0) is 14.5. The molecule has 6 nitrogen and oxygen atoms in total. The molecule has 0 bridgehead atoms. The minimum Gasteiger partial charge on any atom is -0.478 e. The summed E-state index contributed by atoms with van der Waals surface area (Å²) in [5.41, 5.74) is 1.22. The summed E-state index contributed by atoms with van der Waals surface area (Å²) in [4.78, 5) is 25.8. The number of carboxylic acid groups (broad SMARTS) is 1. The lowest BCUT2D eigenvalue weighted by Gasteiger charge is -2.19. The molecule has 0 aliphatic carbocycles. The molecule has 2 aromatic rings. The average molecular weight is 272 g/mol. The van der Waals surface area contributed by atoms with E-state index in [9.17, 15) is 9.90 Å². The third kappa shape index (κ3) is 2.74. The molecule has 104 valence electrons. The summed E-state index contributed by atoms with van der Waals surface area (Å²) in [5.74, 6) is -0.505. The van der Waals surface area contributed by atoms with E-state index in [-0.39, 0.29) is 5.56 Å². The first kappa shape index (κ1) is 13.9. The van der Waals surface area contributed by atoms with Crippen LogP contribution in [0, 0.1) is 0 Å². The highest BCUT2D eigenvalue weighted by atomic mass is 16.4. The second-order valence-corrected chi connectivity index (χ2v) is 4.15. The first-order chi connectivity index (χ1) is 9.67. The number of carbonyl (C=O) groups is 1. The predicted molar refractivity (Wildman–Crippen MR) is 75.8 cm³/mol. The molecule has 0 spiro atoms. The quantitative estimate of drug-likeness (QED) is 0.897. The lowest BCUT2D eigenvalue weighted by Crippen LogP contribution is -2.24. The fourth-order valence-electron chi connectivity index (χ4n) is 1.92. The Labute approximate surface area is 117 Å². The molecule has 2 heterocycles. The highest BCUT2D eigenvalue weighted by molar-refractivity contribution is 5.94. The molecule has 0 fully saturated rings. The van der Waals surface area contributed by atoms with Gasteiger partial charge in [0, 0.05) is 37.2 Å². The number of hydrogen-bond donors (Lipinski definition) is 1. The molecule has 2 rings (SSSR count). The van der Waals surface area contributed by atoms with Gasteiger partial charge in [0.2, 0.25) is 5.95 Å². The molecule has 0 saturated carbocycles. The molecule has 20 heavy (non-hydrogen) atoms. The van der Waals surface area contributed by atoms with Gasteiger partial charge >= 0.3 is 5.97 Å². The SMILES string of the molecule is CCN(CC)c1ncc(C(=O)O)c(-c2ccncc2)n1. The minimum atomic E-state index is -1.04. The van der Waals surface area contributed by atoms with Crippen molar-refractivity contribution in [1.82, 2.24) is 15.0 Å².